The van der Waals surface area contributed by atoms with Crippen molar-refractivity contribution in [3.05, 3.63) is 41.5 Å². The fourth-order valence-electron chi connectivity index (χ4n) is 1.99. The molecule has 1 aromatic carbocycles. The summed E-state index contributed by atoms with van der Waals surface area (Å²) in [6.07, 6.45) is -3.36. The zero-order valence-electron chi connectivity index (χ0n) is 10.8. The van der Waals surface area contributed by atoms with Crippen molar-refractivity contribution in [1.29, 1.82) is 0 Å². The second-order valence-electron chi connectivity index (χ2n) is 4.67. The summed E-state index contributed by atoms with van der Waals surface area (Å²) in [5.74, 6) is 0. The van der Waals surface area contributed by atoms with E-state index in [1.54, 1.807) is 12.1 Å². The van der Waals surface area contributed by atoms with Crippen molar-refractivity contribution in [3.63, 3.8) is 0 Å². The Hall–Kier alpha value is -1.34. The first-order valence-corrected chi connectivity index (χ1v) is 7.48. The van der Waals surface area contributed by atoms with Crippen molar-refractivity contribution in [2.75, 3.05) is 13.1 Å². The molecule has 0 radical (unpaired) electrons. The van der Waals surface area contributed by atoms with Crippen molar-refractivity contribution in [2.24, 2.45) is 0 Å². The van der Waals surface area contributed by atoms with E-state index in [1.807, 2.05) is 6.92 Å². The molecule has 1 aromatic rings. The molecule has 0 unspecified atom stereocenters. The average Bonchev–Trinajstić information content (AvgIpc) is 2.38. The fourth-order valence-corrected chi connectivity index (χ4v) is 3.42. The molecular formula is C13H14F3NO2S. The lowest BCUT2D eigenvalue weighted by atomic mass is 10.1. The molecule has 0 atom stereocenters. The molecule has 0 saturated carbocycles. The Kier molecular flexibility index (Phi) is 3.93. The second-order valence-corrected chi connectivity index (χ2v) is 6.61. The van der Waals surface area contributed by atoms with Gasteiger partial charge in [0.2, 0.25) is 10.0 Å². The molecule has 0 spiro atoms. The van der Waals surface area contributed by atoms with Crippen LogP contribution in [0, 0.1) is 6.92 Å². The van der Waals surface area contributed by atoms with Crippen LogP contribution in [0.3, 0.4) is 0 Å². The van der Waals surface area contributed by atoms with Gasteiger partial charge in [0.05, 0.1) is 4.90 Å². The predicted octanol–water partition coefficient (Wildman–Crippen LogP) is 2.88. The summed E-state index contributed by atoms with van der Waals surface area (Å²) in [4.78, 5) is 0.0199. The zero-order chi connectivity index (χ0) is 15.0. The lowest BCUT2D eigenvalue weighted by molar-refractivity contribution is -0.0954. The lowest BCUT2D eigenvalue weighted by Crippen LogP contribution is -2.38. The van der Waals surface area contributed by atoms with Crippen molar-refractivity contribution >= 4 is 10.0 Å². The van der Waals surface area contributed by atoms with Gasteiger partial charge < -0.3 is 0 Å². The highest BCUT2D eigenvalue weighted by atomic mass is 32.2. The lowest BCUT2D eigenvalue weighted by Gasteiger charge is -2.27. The zero-order valence-corrected chi connectivity index (χ0v) is 11.6. The quantitative estimate of drug-likeness (QED) is 0.788. The summed E-state index contributed by atoms with van der Waals surface area (Å²) >= 11 is 0. The molecule has 2 rings (SSSR count). The summed E-state index contributed by atoms with van der Waals surface area (Å²) in [6.45, 7) is 1.25. The highest BCUT2D eigenvalue weighted by Gasteiger charge is 2.38. The maximum absolute atomic E-state index is 12.7. The van der Waals surface area contributed by atoms with Crippen LogP contribution in [-0.4, -0.2) is 32.0 Å². The monoisotopic (exact) mass is 305 g/mol. The van der Waals surface area contributed by atoms with Crippen molar-refractivity contribution in [2.45, 2.75) is 24.4 Å². The molecule has 1 aliphatic rings. The van der Waals surface area contributed by atoms with E-state index in [4.69, 9.17) is 0 Å². The molecule has 0 N–H and O–H groups in total. The smallest absolute Gasteiger partial charge is 0.207 e. The Labute approximate surface area is 115 Å². The number of benzene rings is 1. The van der Waals surface area contributed by atoms with E-state index in [1.165, 1.54) is 12.1 Å². The summed E-state index contributed by atoms with van der Waals surface area (Å²) < 4.78 is 63.5. The standard InChI is InChI=1S/C13H14F3NO2S/c1-10-4-6-12(7-5-10)20(18,19)17-8-2-3-11(9-17)13(14,15)16/h3-7H,2,8-9H2,1H3. The van der Waals surface area contributed by atoms with Crippen LogP contribution in [0.5, 0.6) is 0 Å². The first kappa shape index (κ1) is 15.1. The molecule has 1 aliphatic heterocycles. The SMILES string of the molecule is Cc1ccc(S(=O)(=O)N2CCC=C(C(F)(F)F)C2)cc1. The van der Waals surface area contributed by atoms with Gasteiger partial charge in [0.15, 0.2) is 0 Å². The van der Waals surface area contributed by atoms with Crippen LogP contribution in [-0.2, 0) is 10.0 Å². The summed E-state index contributed by atoms with van der Waals surface area (Å²) in [5, 5.41) is 0. The van der Waals surface area contributed by atoms with Crippen LogP contribution in [0.2, 0.25) is 0 Å². The number of nitrogens with zero attached hydrogens (tertiary/aromatic N) is 1. The highest BCUT2D eigenvalue weighted by Crippen LogP contribution is 2.31. The molecule has 20 heavy (non-hydrogen) atoms. The number of aryl methyl sites for hydroxylation is 1. The first-order valence-electron chi connectivity index (χ1n) is 6.04. The molecule has 0 amide bonds. The third kappa shape index (κ3) is 3.04. The van der Waals surface area contributed by atoms with E-state index in [-0.39, 0.29) is 17.9 Å². The number of rotatable bonds is 2. The van der Waals surface area contributed by atoms with E-state index in [2.05, 4.69) is 0 Å². The van der Waals surface area contributed by atoms with Crippen LogP contribution in [0.25, 0.3) is 0 Å². The molecule has 0 fully saturated rings. The number of sulfonamides is 1. The minimum atomic E-state index is -4.48. The minimum Gasteiger partial charge on any atom is -0.207 e. The van der Waals surface area contributed by atoms with Gasteiger partial charge in [-0.05, 0) is 25.5 Å². The van der Waals surface area contributed by atoms with Gasteiger partial charge in [0.1, 0.15) is 0 Å². The van der Waals surface area contributed by atoms with Crippen molar-refractivity contribution in [1.82, 2.24) is 4.31 Å². The van der Waals surface area contributed by atoms with E-state index < -0.39 is 28.3 Å². The molecule has 3 nitrogen and oxygen atoms in total. The van der Waals surface area contributed by atoms with E-state index in [0.717, 1.165) is 15.9 Å². The van der Waals surface area contributed by atoms with Gasteiger partial charge in [-0.25, -0.2) is 8.42 Å². The van der Waals surface area contributed by atoms with Crippen LogP contribution < -0.4 is 0 Å². The molecule has 1 heterocycles. The highest BCUT2D eigenvalue weighted by molar-refractivity contribution is 7.89. The maximum Gasteiger partial charge on any atom is 0.413 e. The molecule has 0 aromatic heterocycles. The summed E-state index contributed by atoms with van der Waals surface area (Å²) in [6, 6.07) is 6.07. The van der Waals surface area contributed by atoms with Gasteiger partial charge in [-0.1, -0.05) is 23.8 Å². The number of hydrogen-bond donors (Lipinski definition) is 0. The van der Waals surface area contributed by atoms with Gasteiger partial charge in [-0.15, -0.1) is 0 Å². The van der Waals surface area contributed by atoms with E-state index >= 15 is 0 Å². The number of hydrogen-bond acceptors (Lipinski definition) is 2. The predicted molar refractivity (Wildman–Crippen MR) is 68.7 cm³/mol. The summed E-state index contributed by atoms with van der Waals surface area (Å²) in [7, 11) is -3.88. The van der Waals surface area contributed by atoms with Crippen molar-refractivity contribution < 1.29 is 21.6 Å². The largest absolute Gasteiger partial charge is 0.413 e. The molecule has 0 bridgehead atoms. The Balaban J connectivity index is 2.28. The van der Waals surface area contributed by atoms with Crippen molar-refractivity contribution in [3.8, 4) is 0 Å². The average molecular weight is 305 g/mol. The minimum absolute atomic E-state index is 0.0199. The normalized spacial score (nSPS) is 17.9. The van der Waals surface area contributed by atoms with Crippen LogP contribution in [0.4, 0.5) is 13.2 Å². The van der Waals surface area contributed by atoms with Crippen LogP contribution in [0.1, 0.15) is 12.0 Å². The topological polar surface area (TPSA) is 37.4 Å². The van der Waals surface area contributed by atoms with Crippen LogP contribution >= 0.6 is 0 Å². The van der Waals surface area contributed by atoms with Gasteiger partial charge in [-0.2, -0.15) is 17.5 Å². The fraction of sp³-hybridized carbons (Fsp3) is 0.385. The molecule has 110 valence electrons. The van der Waals surface area contributed by atoms with E-state index in [0.29, 0.717) is 0 Å². The molecule has 0 saturated heterocycles. The third-order valence-electron chi connectivity index (χ3n) is 3.14. The van der Waals surface area contributed by atoms with Gasteiger partial charge >= 0.3 is 6.18 Å². The Morgan fingerprint density at radius 3 is 2.30 bits per heavy atom. The Bertz CT molecular complexity index is 618. The third-order valence-corrected chi connectivity index (χ3v) is 5.00. The molecular weight excluding hydrogens is 291 g/mol. The molecule has 7 heteroatoms. The first-order chi connectivity index (χ1) is 9.21. The Morgan fingerprint density at radius 1 is 1.15 bits per heavy atom. The van der Waals surface area contributed by atoms with E-state index in [9.17, 15) is 21.6 Å². The molecule has 0 aliphatic carbocycles. The van der Waals surface area contributed by atoms with Gasteiger partial charge in [0, 0.05) is 18.7 Å². The van der Waals surface area contributed by atoms with Crippen LogP contribution in [0.15, 0.2) is 40.8 Å². The second kappa shape index (κ2) is 5.21. The summed E-state index contributed by atoms with van der Waals surface area (Å²) in [5.41, 5.74) is 0.0814. The van der Waals surface area contributed by atoms with Gasteiger partial charge in [0.25, 0.3) is 0 Å². The number of alkyl halides is 3. The maximum atomic E-state index is 12.7. The van der Waals surface area contributed by atoms with Gasteiger partial charge in [-0.3, -0.25) is 0 Å². The number of halogens is 3. The Morgan fingerprint density at radius 2 is 1.75 bits per heavy atom.